The number of carboxylic acids is 1. The molecule has 1 N–H and O–H groups in total. The topological polar surface area (TPSA) is 63.6 Å². The van der Waals surface area contributed by atoms with Crippen molar-refractivity contribution in [2.45, 2.75) is 12.0 Å². The van der Waals surface area contributed by atoms with Gasteiger partial charge >= 0.3 is 5.97 Å². The zero-order valence-corrected chi connectivity index (χ0v) is 8.07. The van der Waals surface area contributed by atoms with Crippen molar-refractivity contribution in [3.05, 3.63) is 29.6 Å². The van der Waals surface area contributed by atoms with Crippen LogP contribution in [0.15, 0.2) is 18.2 Å². The fraction of sp³-hybridized carbons (Fsp3) is 0.273. The van der Waals surface area contributed by atoms with Crippen LogP contribution in [-0.2, 0) is 4.79 Å². The Balaban J connectivity index is 2.11. The number of halogens is 1. The Hall–Kier alpha value is -1.91. The van der Waals surface area contributed by atoms with Crippen LogP contribution in [0.4, 0.5) is 4.39 Å². The number of benzene rings is 1. The number of hydrogen-bond donors (Lipinski definition) is 1. The standard InChI is InChI=1S/C11H7FO4/c12-5-1-2-8-6(3-5)9(13)7-4-11(7,16-8)10(14)15/h1-3,7H,4H2,(H,14,15)/t7-,11-/m0/s1. The van der Waals surface area contributed by atoms with E-state index < -0.39 is 23.3 Å². The number of rotatable bonds is 1. The molecule has 0 aromatic heterocycles. The molecule has 0 saturated heterocycles. The molecule has 1 aromatic carbocycles. The van der Waals surface area contributed by atoms with E-state index in [1.54, 1.807) is 0 Å². The Kier molecular flexibility index (Phi) is 1.52. The average Bonchev–Trinajstić information content (AvgIpc) is 2.96. The van der Waals surface area contributed by atoms with E-state index in [1.807, 2.05) is 0 Å². The molecule has 2 atom stereocenters. The summed E-state index contributed by atoms with van der Waals surface area (Å²) in [4.78, 5) is 22.8. The van der Waals surface area contributed by atoms with Crippen molar-refractivity contribution in [1.29, 1.82) is 0 Å². The molecule has 0 amide bonds. The molecular formula is C11H7FO4. The minimum Gasteiger partial charge on any atom is -0.478 e. The summed E-state index contributed by atoms with van der Waals surface area (Å²) in [5, 5.41) is 8.99. The highest BCUT2D eigenvalue weighted by Crippen LogP contribution is 2.53. The summed E-state index contributed by atoms with van der Waals surface area (Å²) in [5.41, 5.74) is -1.26. The molecule has 1 saturated carbocycles. The summed E-state index contributed by atoms with van der Waals surface area (Å²) in [6.07, 6.45) is 0.164. The van der Waals surface area contributed by atoms with Gasteiger partial charge in [-0.15, -0.1) is 0 Å². The van der Waals surface area contributed by atoms with Gasteiger partial charge in [0.25, 0.3) is 0 Å². The Morgan fingerprint density at radius 3 is 3.00 bits per heavy atom. The fourth-order valence-electron chi connectivity index (χ4n) is 2.11. The normalized spacial score (nSPS) is 30.1. The van der Waals surface area contributed by atoms with Crippen LogP contribution in [0.3, 0.4) is 0 Å². The van der Waals surface area contributed by atoms with Crippen molar-refractivity contribution in [2.24, 2.45) is 5.92 Å². The molecule has 5 heteroatoms. The number of carboxylic acid groups (broad SMARTS) is 1. The number of aliphatic carboxylic acids is 1. The zero-order chi connectivity index (χ0) is 11.5. The van der Waals surface area contributed by atoms with Gasteiger partial charge in [-0.1, -0.05) is 0 Å². The molecular weight excluding hydrogens is 215 g/mol. The maximum atomic E-state index is 12.9. The van der Waals surface area contributed by atoms with E-state index in [2.05, 4.69) is 0 Å². The van der Waals surface area contributed by atoms with Crippen LogP contribution >= 0.6 is 0 Å². The third kappa shape index (κ3) is 0.973. The highest BCUT2D eigenvalue weighted by Gasteiger charge is 2.69. The van der Waals surface area contributed by atoms with Crippen molar-refractivity contribution in [1.82, 2.24) is 0 Å². The monoisotopic (exact) mass is 222 g/mol. The predicted molar refractivity (Wildman–Crippen MR) is 49.8 cm³/mol. The Morgan fingerprint density at radius 1 is 1.56 bits per heavy atom. The van der Waals surface area contributed by atoms with E-state index in [0.717, 1.165) is 12.1 Å². The second-order valence-electron chi connectivity index (χ2n) is 4.06. The third-order valence-corrected chi connectivity index (χ3v) is 3.09. The molecule has 0 bridgehead atoms. The van der Waals surface area contributed by atoms with Gasteiger partial charge < -0.3 is 9.84 Å². The fourth-order valence-corrected chi connectivity index (χ4v) is 2.11. The van der Waals surface area contributed by atoms with Crippen LogP contribution in [0.1, 0.15) is 16.8 Å². The van der Waals surface area contributed by atoms with E-state index in [4.69, 9.17) is 9.84 Å². The van der Waals surface area contributed by atoms with Crippen molar-refractivity contribution in [3.8, 4) is 5.75 Å². The lowest BCUT2D eigenvalue weighted by atomic mass is 10.0. The van der Waals surface area contributed by atoms with Crippen LogP contribution in [0.2, 0.25) is 0 Å². The lowest BCUT2D eigenvalue weighted by Crippen LogP contribution is -2.37. The van der Waals surface area contributed by atoms with Crippen molar-refractivity contribution in [2.75, 3.05) is 0 Å². The molecule has 4 nitrogen and oxygen atoms in total. The number of carbonyl (C=O) groups is 2. The summed E-state index contributed by atoms with van der Waals surface area (Å²) >= 11 is 0. The molecule has 0 unspecified atom stereocenters. The molecule has 82 valence electrons. The van der Waals surface area contributed by atoms with Crippen molar-refractivity contribution >= 4 is 11.8 Å². The smallest absolute Gasteiger partial charge is 0.348 e. The van der Waals surface area contributed by atoms with Gasteiger partial charge in [0.1, 0.15) is 11.6 Å². The lowest BCUT2D eigenvalue weighted by molar-refractivity contribution is -0.148. The Labute approximate surface area is 89.6 Å². The molecule has 2 aliphatic rings. The van der Waals surface area contributed by atoms with Gasteiger partial charge in [-0.3, -0.25) is 4.79 Å². The molecule has 0 spiro atoms. The summed E-state index contributed by atoms with van der Waals surface area (Å²) in [6.45, 7) is 0. The average molecular weight is 222 g/mol. The van der Waals surface area contributed by atoms with Gasteiger partial charge in [0.05, 0.1) is 11.5 Å². The first-order valence-corrected chi connectivity index (χ1v) is 4.81. The number of fused-ring (bicyclic) bond motifs is 2. The maximum absolute atomic E-state index is 12.9. The number of ketones is 1. The Morgan fingerprint density at radius 2 is 2.31 bits per heavy atom. The molecule has 1 fully saturated rings. The molecule has 1 aliphatic carbocycles. The maximum Gasteiger partial charge on any atom is 0.348 e. The van der Waals surface area contributed by atoms with E-state index in [-0.39, 0.29) is 23.5 Å². The van der Waals surface area contributed by atoms with Gasteiger partial charge in [-0.25, -0.2) is 9.18 Å². The van der Waals surface area contributed by atoms with E-state index >= 15 is 0 Å². The summed E-state index contributed by atoms with van der Waals surface area (Å²) in [5.74, 6) is -2.52. The van der Waals surface area contributed by atoms with Gasteiger partial charge in [-0.2, -0.15) is 0 Å². The lowest BCUT2D eigenvalue weighted by Gasteiger charge is -2.21. The van der Waals surface area contributed by atoms with Gasteiger partial charge in [0, 0.05) is 6.42 Å². The van der Waals surface area contributed by atoms with Crippen LogP contribution in [0.5, 0.6) is 5.75 Å². The van der Waals surface area contributed by atoms with Gasteiger partial charge in [0.2, 0.25) is 5.60 Å². The summed E-state index contributed by atoms with van der Waals surface area (Å²) in [7, 11) is 0. The quantitative estimate of drug-likeness (QED) is 0.776. The first-order valence-electron chi connectivity index (χ1n) is 4.81. The first kappa shape index (κ1) is 9.33. The number of Topliss-reactive ketones (excluding diaryl/α,β-unsaturated/α-hetero) is 1. The van der Waals surface area contributed by atoms with Crippen molar-refractivity contribution in [3.63, 3.8) is 0 Å². The van der Waals surface area contributed by atoms with E-state index in [0.29, 0.717) is 0 Å². The highest BCUT2D eigenvalue weighted by atomic mass is 19.1. The molecule has 1 aromatic rings. The molecule has 1 aliphatic heterocycles. The van der Waals surface area contributed by atoms with E-state index in [1.165, 1.54) is 6.07 Å². The van der Waals surface area contributed by atoms with Gasteiger partial charge in [0.15, 0.2) is 5.78 Å². The zero-order valence-electron chi connectivity index (χ0n) is 8.07. The molecule has 1 heterocycles. The minimum absolute atomic E-state index is 0.138. The van der Waals surface area contributed by atoms with E-state index in [9.17, 15) is 14.0 Å². The van der Waals surface area contributed by atoms with Crippen LogP contribution in [0.25, 0.3) is 0 Å². The van der Waals surface area contributed by atoms with Crippen LogP contribution in [0, 0.1) is 11.7 Å². The predicted octanol–water partition coefficient (Wildman–Crippen LogP) is 1.24. The molecule has 3 rings (SSSR count). The number of ether oxygens (including phenoxy) is 1. The number of carbonyl (C=O) groups excluding carboxylic acids is 1. The highest BCUT2D eigenvalue weighted by molar-refractivity contribution is 6.09. The Bertz CT molecular complexity index is 525. The third-order valence-electron chi connectivity index (χ3n) is 3.09. The minimum atomic E-state index is -1.40. The molecule has 16 heavy (non-hydrogen) atoms. The SMILES string of the molecule is O=C1c2cc(F)ccc2O[C@@]2(C(=O)O)C[C@@H]12. The summed E-state index contributed by atoms with van der Waals surface area (Å²) in [6, 6.07) is 3.52. The summed E-state index contributed by atoms with van der Waals surface area (Å²) < 4.78 is 18.2. The second-order valence-corrected chi connectivity index (χ2v) is 4.06. The first-order chi connectivity index (χ1) is 7.54. The number of hydrogen-bond acceptors (Lipinski definition) is 3. The largest absolute Gasteiger partial charge is 0.478 e. The van der Waals surface area contributed by atoms with Crippen molar-refractivity contribution < 1.29 is 23.8 Å². The molecule has 0 radical (unpaired) electrons. The van der Waals surface area contributed by atoms with Crippen LogP contribution in [-0.4, -0.2) is 22.5 Å². The van der Waals surface area contributed by atoms with Crippen LogP contribution < -0.4 is 4.74 Å². The second kappa shape index (κ2) is 2.61. The van der Waals surface area contributed by atoms with Gasteiger partial charge in [-0.05, 0) is 18.2 Å².